The second-order valence-corrected chi connectivity index (χ2v) is 4.93. The molecule has 0 bridgehead atoms. The van der Waals surface area contributed by atoms with Crippen LogP contribution in [0.4, 0.5) is 0 Å². The summed E-state index contributed by atoms with van der Waals surface area (Å²) in [7, 11) is 0. The van der Waals surface area contributed by atoms with Crippen molar-refractivity contribution in [2.45, 2.75) is 44.8 Å². The Morgan fingerprint density at radius 3 is 2.76 bits per heavy atom. The van der Waals surface area contributed by atoms with E-state index in [1.165, 1.54) is 0 Å². The molecule has 2 N–H and O–H groups in total. The quantitative estimate of drug-likeness (QED) is 0.833. The van der Waals surface area contributed by atoms with Crippen LogP contribution in [-0.4, -0.2) is 27.7 Å². The molecule has 1 aliphatic carbocycles. The molecule has 94 valence electrons. The van der Waals surface area contributed by atoms with Gasteiger partial charge in [0.1, 0.15) is 0 Å². The third-order valence-corrected chi connectivity index (χ3v) is 3.56. The standard InChI is InChI=1S/C13H21N3O/c1-10(13-9-14-6-7-15-13)16-8-11-2-4-12(17)5-3-11/h6-7,9-12,16-17H,2-5,8H2,1H3. The highest BCUT2D eigenvalue weighted by Gasteiger charge is 2.19. The molecular weight excluding hydrogens is 214 g/mol. The summed E-state index contributed by atoms with van der Waals surface area (Å²) in [5.74, 6) is 0.692. The molecule has 4 nitrogen and oxygen atoms in total. The lowest BCUT2D eigenvalue weighted by Gasteiger charge is -2.26. The van der Waals surface area contributed by atoms with Gasteiger partial charge in [-0.15, -0.1) is 0 Å². The topological polar surface area (TPSA) is 58.0 Å². The fraction of sp³-hybridized carbons (Fsp3) is 0.692. The minimum atomic E-state index is -0.0661. The number of rotatable bonds is 4. The molecule has 0 radical (unpaired) electrons. The van der Waals surface area contributed by atoms with Gasteiger partial charge < -0.3 is 10.4 Å². The molecule has 0 aromatic carbocycles. The molecule has 1 aromatic rings. The average molecular weight is 235 g/mol. The van der Waals surface area contributed by atoms with Crippen LogP contribution in [-0.2, 0) is 0 Å². The summed E-state index contributed by atoms with van der Waals surface area (Å²) in [5, 5.41) is 12.9. The molecule has 1 aromatic heterocycles. The van der Waals surface area contributed by atoms with Crippen molar-refractivity contribution < 1.29 is 5.11 Å². The van der Waals surface area contributed by atoms with E-state index in [2.05, 4.69) is 22.2 Å². The Bertz CT molecular complexity index is 323. The van der Waals surface area contributed by atoms with Crippen LogP contribution in [0.25, 0.3) is 0 Å². The van der Waals surface area contributed by atoms with Gasteiger partial charge in [-0.3, -0.25) is 9.97 Å². The highest BCUT2D eigenvalue weighted by molar-refractivity contribution is 5.00. The van der Waals surface area contributed by atoms with E-state index in [4.69, 9.17) is 0 Å². The van der Waals surface area contributed by atoms with Crippen molar-refractivity contribution in [2.24, 2.45) is 5.92 Å². The second-order valence-electron chi connectivity index (χ2n) is 4.93. The zero-order valence-electron chi connectivity index (χ0n) is 10.3. The minimum Gasteiger partial charge on any atom is -0.393 e. The van der Waals surface area contributed by atoms with Crippen molar-refractivity contribution in [2.75, 3.05) is 6.54 Å². The van der Waals surface area contributed by atoms with Gasteiger partial charge in [-0.05, 0) is 45.1 Å². The number of hydrogen-bond acceptors (Lipinski definition) is 4. The summed E-state index contributed by atoms with van der Waals surface area (Å²) in [6.07, 6.45) is 9.31. The molecule has 0 amide bonds. The molecule has 1 unspecified atom stereocenters. The summed E-state index contributed by atoms with van der Waals surface area (Å²) in [4.78, 5) is 8.36. The van der Waals surface area contributed by atoms with E-state index in [-0.39, 0.29) is 12.1 Å². The molecule has 1 heterocycles. The number of aliphatic hydroxyl groups is 1. The van der Waals surface area contributed by atoms with Crippen LogP contribution < -0.4 is 5.32 Å². The first kappa shape index (κ1) is 12.5. The first-order valence-corrected chi connectivity index (χ1v) is 6.43. The predicted molar refractivity (Wildman–Crippen MR) is 66.4 cm³/mol. The Balaban J connectivity index is 1.75. The van der Waals surface area contributed by atoms with Gasteiger partial charge in [0.2, 0.25) is 0 Å². The highest BCUT2D eigenvalue weighted by atomic mass is 16.3. The summed E-state index contributed by atoms with van der Waals surface area (Å²) >= 11 is 0. The van der Waals surface area contributed by atoms with Gasteiger partial charge in [-0.1, -0.05) is 0 Å². The highest BCUT2D eigenvalue weighted by Crippen LogP contribution is 2.24. The summed E-state index contributed by atoms with van der Waals surface area (Å²) in [6.45, 7) is 3.12. The van der Waals surface area contributed by atoms with E-state index in [0.29, 0.717) is 5.92 Å². The number of aliphatic hydroxyl groups excluding tert-OH is 1. The lowest BCUT2D eigenvalue weighted by Crippen LogP contribution is -2.30. The van der Waals surface area contributed by atoms with Crippen LogP contribution in [0.1, 0.15) is 44.3 Å². The van der Waals surface area contributed by atoms with Crippen molar-refractivity contribution in [1.29, 1.82) is 0 Å². The van der Waals surface area contributed by atoms with Crippen molar-refractivity contribution >= 4 is 0 Å². The second kappa shape index (κ2) is 6.07. The minimum absolute atomic E-state index is 0.0661. The van der Waals surface area contributed by atoms with E-state index in [0.717, 1.165) is 37.9 Å². The largest absolute Gasteiger partial charge is 0.393 e. The first-order chi connectivity index (χ1) is 8.25. The Morgan fingerprint density at radius 1 is 1.35 bits per heavy atom. The van der Waals surface area contributed by atoms with Gasteiger partial charge in [0.15, 0.2) is 0 Å². The van der Waals surface area contributed by atoms with Crippen LogP contribution >= 0.6 is 0 Å². The normalized spacial score (nSPS) is 26.7. The Labute approximate surface area is 102 Å². The van der Waals surface area contributed by atoms with E-state index >= 15 is 0 Å². The number of hydrogen-bond donors (Lipinski definition) is 2. The summed E-state index contributed by atoms with van der Waals surface area (Å²) in [6, 6.07) is 0.246. The molecule has 0 spiro atoms. The van der Waals surface area contributed by atoms with Crippen molar-refractivity contribution in [3.8, 4) is 0 Å². The first-order valence-electron chi connectivity index (χ1n) is 6.43. The van der Waals surface area contributed by atoms with Crippen LogP contribution in [0.2, 0.25) is 0 Å². The molecular formula is C13H21N3O. The number of aromatic nitrogens is 2. The summed E-state index contributed by atoms with van der Waals surface area (Å²) in [5.41, 5.74) is 0.989. The maximum Gasteiger partial charge on any atom is 0.0753 e. The molecule has 0 saturated heterocycles. The van der Waals surface area contributed by atoms with E-state index in [9.17, 15) is 5.11 Å². The average Bonchev–Trinajstić information content (AvgIpc) is 2.39. The Hall–Kier alpha value is -1.00. The van der Waals surface area contributed by atoms with Gasteiger partial charge in [0.05, 0.1) is 11.8 Å². The van der Waals surface area contributed by atoms with Crippen molar-refractivity contribution in [1.82, 2.24) is 15.3 Å². The van der Waals surface area contributed by atoms with Crippen LogP contribution in [0.5, 0.6) is 0 Å². The molecule has 2 rings (SSSR count). The monoisotopic (exact) mass is 235 g/mol. The zero-order valence-corrected chi connectivity index (χ0v) is 10.3. The molecule has 1 atom stereocenters. The van der Waals surface area contributed by atoms with E-state index in [1.54, 1.807) is 12.4 Å². The fourth-order valence-electron chi connectivity index (χ4n) is 2.33. The Kier molecular flexibility index (Phi) is 4.45. The summed E-state index contributed by atoms with van der Waals surface area (Å²) < 4.78 is 0. The predicted octanol–water partition coefficient (Wildman–Crippen LogP) is 1.68. The third-order valence-electron chi connectivity index (χ3n) is 3.56. The zero-order chi connectivity index (χ0) is 12.1. The molecule has 1 saturated carbocycles. The van der Waals surface area contributed by atoms with Crippen LogP contribution in [0.15, 0.2) is 18.6 Å². The van der Waals surface area contributed by atoms with Crippen LogP contribution in [0.3, 0.4) is 0 Å². The van der Waals surface area contributed by atoms with Gasteiger partial charge >= 0.3 is 0 Å². The maximum atomic E-state index is 9.44. The number of nitrogens with zero attached hydrogens (tertiary/aromatic N) is 2. The Morgan fingerprint density at radius 2 is 2.12 bits per heavy atom. The van der Waals surface area contributed by atoms with E-state index < -0.39 is 0 Å². The molecule has 1 fully saturated rings. The lowest BCUT2D eigenvalue weighted by atomic mass is 9.87. The smallest absolute Gasteiger partial charge is 0.0753 e. The maximum absolute atomic E-state index is 9.44. The lowest BCUT2D eigenvalue weighted by molar-refractivity contribution is 0.107. The van der Waals surface area contributed by atoms with Crippen molar-refractivity contribution in [3.05, 3.63) is 24.3 Å². The van der Waals surface area contributed by atoms with Crippen LogP contribution in [0, 0.1) is 5.92 Å². The fourth-order valence-corrected chi connectivity index (χ4v) is 2.33. The molecule has 1 aliphatic rings. The van der Waals surface area contributed by atoms with E-state index in [1.807, 2.05) is 6.20 Å². The van der Waals surface area contributed by atoms with Crippen molar-refractivity contribution in [3.63, 3.8) is 0 Å². The molecule has 0 aliphatic heterocycles. The van der Waals surface area contributed by atoms with Gasteiger partial charge in [-0.25, -0.2) is 0 Å². The SMILES string of the molecule is CC(NCC1CCC(O)CC1)c1cnccn1. The van der Waals surface area contributed by atoms with Gasteiger partial charge in [0.25, 0.3) is 0 Å². The molecule has 4 heteroatoms. The molecule has 17 heavy (non-hydrogen) atoms. The number of nitrogens with one attached hydrogen (secondary N) is 1. The van der Waals surface area contributed by atoms with Gasteiger partial charge in [0, 0.05) is 24.6 Å². The van der Waals surface area contributed by atoms with Gasteiger partial charge in [-0.2, -0.15) is 0 Å². The third kappa shape index (κ3) is 3.75.